The maximum atomic E-state index is 13.1. The topological polar surface area (TPSA) is 66.5 Å². The first-order valence-electron chi connectivity index (χ1n) is 8.01. The molecule has 1 aromatic carbocycles. The molecule has 3 rings (SSSR count). The summed E-state index contributed by atoms with van der Waals surface area (Å²) >= 11 is 1.54. The van der Waals surface area contributed by atoms with Gasteiger partial charge in [0.15, 0.2) is 0 Å². The molecular weight excluding hydrogens is 363 g/mol. The first-order valence-corrected chi connectivity index (χ1v) is 10.3. The Morgan fingerprint density at radius 2 is 2.04 bits per heavy atom. The van der Waals surface area contributed by atoms with Gasteiger partial charge in [-0.1, -0.05) is 6.07 Å². The molecule has 1 aliphatic heterocycles. The predicted molar refractivity (Wildman–Crippen MR) is 94.2 cm³/mol. The number of carbonyl (C=O) groups is 1. The van der Waals surface area contributed by atoms with Crippen molar-refractivity contribution in [1.29, 1.82) is 0 Å². The predicted octanol–water partition coefficient (Wildman–Crippen LogP) is 2.92. The fourth-order valence-corrected chi connectivity index (χ4v) is 5.34. The molecule has 1 fully saturated rings. The standard InChI is InChI=1S/C17H19FN2O3S2/c1-12(16-5-3-11-24-16)19-17(21)15-4-2-10-20(15)25(22,23)14-8-6-13(18)7-9-14/h3,5-9,11-12,15H,2,4,10H2,1H3,(H,19,21). The van der Waals surface area contributed by atoms with Gasteiger partial charge in [-0.05, 0) is 55.5 Å². The van der Waals surface area contributed by atoms with Crippen LogP contribution in [0, 0.1) is 5.82 Å². The molecule has 2 unspecified atom stereocenters. The van der Waals surface area contributed by atoms with Crippen LogP contribution in [0.25, 0.3) is 0 Å². The number of halogens is 1. The van der Waals surface area contributed by atoms with Crippen molar-refractivity contribution < 1.29 is 17.6 Å². The van der Waals surface area contributed by atoms with Crippen molar-refractivity contribution in [3.8, 4) is 0 Å². The van der Waals surface area contributed by atoms with Gasteiger partial charge in [-0.2, -0.15) is 4.31 Å². The van der Waals surface area contributed by atoms with E-state index in [0.717, 1.165) is 17.0 Å². The molecule has 0 bridgehead atoms. The third-order valence-electron chi connectivity index (χ3n) is 4.26. The SMILES string of the molecule is CC(NC(=O)C1CCCN1S(=O)(=O)c1ccc(F)cc1)c1cccs1. The lowest BCUT2D eigenvalue weighted by atomic mass is 10.2. The molecule has 1 saturated heterocycles. The minimum atomic E-state index is -3.83. The summed E-state index contributed by atoms with van der Waals surface area (Å²) in [6.07, 6.45) is 1.09. The average molecular weight is 382 g/mol. The summed E-state index contributed by atoms with van der Waals surface area (Å²) < 4.78 is 39.9. The summed E-state index contributed by atoms with van der Waals surface area (Å²) in [4.78, 5) is 13.6. The van der Waals surface area contributed by atoms with E-state index in [4.69, 9.17) is 0 Å². The molecule has 1 N–H and O–H groups in total. The number of benzene rings is 1. The zero-order valence-electron chi connectivity index (χ0n) is 13.7. The highest BCUT2D eigenvalue weighted by Crippen LogP contribution is 2.27. The molecule has 2 heterocycles. The van der Waals surface area contributed by atoms with Gasteiger partial charge in [0.25, 0.3) is 0 Å². The van der Waals surface area contributed by atoms with E-state index in [1.807, 2.05) is 24.4 Å². The maximum absolute atomic E-state index is 13.1. The largest absolute Gasteiger partial charge is 0.347 e. The Bertz CT molecular complexity index is 835. The van der Waals surface area contributed by atoms with Gasteiger partial charge < -0.3 is 5.32 Å². The van der Waals surface area contributed by atoms with Crippen molar-refractivity contribution >= 4 is 27.3 Å². The van der Waals surface area contributed by atoms with Crippen molar-refractivity contribution in [3.63, 3.8) is 0 Å². The van der Waals surface area contributed by atoms with Crippen molar-refractivity contribution in [3.05, 3.63) is 52.5 Å². The molecule has 0 spiro atoms. The van der Waals surface area contributed by atoms with Gasteiger partial charge >= 0.3 is 0 Å². The van der Waals surface area contributed by atoms with Crippen molar-refractivity contribution in [1.82, 2.24) is 9.62 Å². The van der Waals surface area contributed by atoms with Crippen molar-refractivity contribution in [2.75, 3.05) is 6.54 Å². The number of carbonyl (C=O) groups excluding carboxylic acids is 1. The van der Waals surface area contributed by atoms with Crippen LogP contribution in [0.5, 0.6) is 0 Å². The third-order valence-corrected chi connectivity index (χ3v) is 7.23. The normalized spacial score (nSPS) is 19.7. The number of hydrogen-bond donors (Lipinski definition) is 1. The Balaban J connectivity index is 1.77. The number of sulfonamides is 1. The summed E-state index contributed by atoms with van der Waals surface area (Å²) in [5, 5.41) is 4.82. The molecule has 1 aromatic heterocycles. The Kier molecular flexibility index (Phi) is 5.21. The zero-order valence-corrected chi connectivity index (χ0v) is 15.3. The summed E-state index contributed by atoms with van der Waals surface area (Å²) in [5.41, 5.74) is 0. The molecule has 1 amide bonds. The van der Waals surface area contributed by atoms with E-state index in [0.29, 0.717) is 12.8 Å². The van der Waals surface area contributed by atoms with Gasteiger partial charge in [-0.3, -0.25) is 4.79 Å². The quantitative estimate of drug-likeness (QED) is 0.865. The van der Waals surface area contributed by atoms with Gasteiger partial charge in [0, 0.05) is 11.4 Å². The lowest BCUT2D eigenvalue weighted by Crippen LogP contribution is -2.46. The Labute approximate surface area is 150 Å². The minimum Gasteiger partial charge on any atom is -0.347 e. The van der Waals surface area contributed by atoms with E-state index >= 15 is 0 Å². The summed E-state index contributed by atoms with van der Waals surface area (Å²) in [6.45, 7) is 2.16. The molecule has 134 valence electrons. The second-order valence-electron chi connectivity index (χ2n) is 5.97. The van der Waals surface area contributed by atoms with E-state index in [1.54, 1.807) is 0 Å². The highest BCUT2D eigenvalue weighted by Gasteiger charge is 2.39. The molecule has 8 heteroatoms. The molecule has 5 nitrogen and oxygen atoms in total. The molecule has 0 aliphatic carbocycles. The monoisotopic (exact) mass is 382 g/mol. The van der Waals surface area contributed by atoms with Crippen LogP contribution in [0.3, 0.4) is 0 Å². The highest BCUT2D eigenvalue weighted by atomic mass is 32.2. The van der Waals surface area contributed by atoms with E-state index in [-0.39, 0.29) is 23.4 Å². The van der Waals surface area contributed by atoms with Crippen LogP contribution >= 0.6 is 11.3 Å². The smallest absolute Gasteiger partial charge is 0.243 e. The number of nitrogens with zero attached hydrogens (tertiary/aromatic N) is 1. The molecule has 0 radical (unpaired) electrons. The van der Waals surface area contributed by atoms with Crippen molar-refractivity contribution in [2.24, 2.45) is 0 Å². The van der Waals surface area contributed by atoms with Crippen molar-refractivity contribution in [2.45, 2.75) is 36.7 Å². The molecule has 25 heavy (non-hydrogen) atoms. The summed E-state index contributed by atoms with van der Waals surface area (Å²) in [6, 6.07) is 7.59. The second-order valence-corrected chi connectivity index (χ2v) is 8.84. The Morgan fingerprint density at radius 1 is 1.32 bits per heavy atom. The van der Waals surface area contributed by atoms with Gasteiger partial charge in [0.2, 0.25) is 15.9 Å². The van der Waals surface area contributed by atoms with Crippen LogP contribution in [-0.4, -0.2) is 31.2 Å². The lowest BCUT2D eigenvalue weighted by molar-refractivity contribution is -0.124. The molecule has 1 aliphatic rings. The number of hydrogen-bond acceptors (Lipinski definition) is 4. The number of amides is 1. The number of nitrogens with one attached hydrogen (secondary N) is 1. The van der Waals surface area contributed by atoms with Gasteiger partial charge in [0.1, 0.15) is 11.9 Å². The Hall–Kier alpha value is -1.77. The van der Waals surface area contributed by atoms with E-state index in [2.05, 4.69) is 5.32 Å². The first kappa shape index (κ1) is 18.0. The van der Waals surface area contributed by atoms with Crippen LogP contribution < -0.4 is 5.32 Å². The van der Waals surface area contributed by atoms with Gasteiger partial charge in [0.05, 0.1) is 10.9 Å². The number of thiophene rings is 1. The fourth-order valence-electron chi connectivity index (χ4n) is 2.95. The zero-order chi connectivity index (χ0) is 18.0. The van der Waals surface area contributed by atoms with Gasteiger partial charge in [-0.15, -0.1) is 11.3 Å². The highest BCUT2D eigenvalue weighted by molar-refractivity contribution is 7.89. The lowest BCUT2D eigenvalue weighted by Gasteiger charge is -2.24. The molecule has 2 aromatic rings. The maximum Gasteiger partial charge on any atom is 0.243 e. The van der Waals surface area contributed by atoms with Crippen LogP contribution in [-0.2, 0) is 14.8 Å². The van der Waals surface area contributed by atoms with Crippen LogP contribution in [0.15, 0.2) is 46.7 Å². The number of rotatable bonds is 5. The molecular formula is C17H19FN2O3S2. The van der Waals surface area contributed by atoms with Crippen LogP contribution in [0.4, 0.5) is 4.39 Å². The van der Waals surface area contributed by atoms with E-state index in [9.17, 15) is 17.6 Å². The minimum absolute atomic E-state index is 0.0000877. The first-order chi connectivity index (χ1) is 11.9. The fraction of sp³-hybridized carbons (Fsp3) is 0.353. The average Bonchev–Trinajstić information content (AvgIpc) is 3.27. The van der Waals surface area contributed by atoms with Crippen LogP contribution in [0.2, 0.25) is 0 Å². The summed E-state index contributed by atoms with van der Waals surface area (Å²) in [7, 11) is -3.83. The molecule has 2 atom stereocenters. The van der Waals surface area contributed by atoms with Gasteiger partial charge in [-0.25, -0.2) is 12.8 Å². The second kappa shape index (κ2) is 7.23. The Morgan fingerprint density at radius 3 is 2.68 bits per heavy atom. The van der Waals surface area contributed by atoms with E-state index in [1.165, 1.54) is 27.8 Å². The summed E-state index contributed by atoms with van der Waals surface area (Å²) in [5.74, 6) is -0.802. The molecule has 0 saturated carbocycles. The van der Waals surface area contributed by atoms with Crippen LogP contribution in [0.1, 0.15) is 30.7 Å². The third kappa shape index (κ3) is 3.75. The van der Waals surface area contributed by atoms with E-state index < -0.39 is 21.9 Å².